The number of aromatic nitrogens is 2. The van der Waals surface area contributed by atoms with Gasteiger partial charge < -0.3 is 10.2 Å². The normalized spacial score (nSPS) is 18.8. The van der Waals surface area contributed by atoms with Crippen LogP contribution in [0.25, 0.3) is 0 Å². The summed E-state index contributed by atoms with van der Waals surface area (Å²) >= 11 is 1.64. The van der Waals surface area contributed by atoms with Gasteiger partial charge in [0.2, 0.25) is 0 Å². The first-order chi connectivity index (χ1) is 14.9. The Kier molecular flexibility index (Phi) is 7.21. The Hall–Kier alpha value is -2.11. The van der Waals surface area contributed by atoms with Gasteiger partial charge in [-0.15, -0.1) is 11.3 Å². The second kappa shape index (κ2) is 9.40. The number of urea groups is 1. The maximum atomic E-state index is 13.3. The van der Waals surface area contributed by atoms with Crippen molar-refractivity contribution in [3.05, 3.63) is 28.2 Å². The molecule has 2 aromatic heterocycles. The molecule has 178 valence electrons. The van der Waals surface area contributed by atoms with Crippen molar-refractivity contribution in [3.8, 4) is 0 Å². The Morgan fingerprint density at radius 1 is 1.19 bits per heavy atom. The zero-order valence-corrected chi connectivity index (χ0v) is 21.4. The van der Waals surface area contributed by atoms with Crippen LogP contribution in [-0.4, -0.2) is 55.3 Å². The zero-order valence-electron chi connectivity index (χ0n) is 19.8. The van der Waals surface area contributed by atoms with Crippen molar-refractivity contribution < 1.29 is 13.2 Å². The van der Waals surface area contributed by atoms with E-state index in [-0.39, 0.29) is 12.0 Å². The molecule has 2 aromatic rings. The standard InChI is InChI=1S/C21H34N6O3S2/c1-13(2)19-10-18(20(31-19)14(3)4)23-21(28)24-32(29,30)27(17-11-22-26(7)12-17)16-8-15(9-16)25(5)6/h10-16H,8-9H2,1-7H3,(H2,23,24,28). The van der Waals surface area contributed by atoms with Crippen molar-refractivity contribution in [1.29, 1.82) is 0 Å². The number of hydrogen-bond donors (Lipinski definition) is 2. The number of hydrogen-bond acceptors (Lipinski definition) is 6. The number of nitrogens with one attached hydrogen (secondary N) is 2. The quantitative estimate of drug-likeness (QED) is 0.598. The molecule has 0 radical (unpaired) electrons. The van der Waals surface area contributed by atoms with Crippen LogP contribution in [0.4, 0.5) is 16.2 Å². The minimum absolute atomic E-state index is 0.212. The molecule has 2 heterocycles. The van der Waals surface area contributed by atoms with E-state index in [0.29, 0.717) is 36.2 Å². The highest BCUT2D eigenvalue weighted by atomic mass is 32.2. The minimum atomic E-state index is -4.13. The summed E-state index contributed by atoms with van der Waals surface area (Å²) in [6.07, 6.45) is 4.52. The van der Waals surface area contributed by atoms with E-state index in [1.165, 1.54) is 10.5 Å². The van der Waals surface area contributed by atoms with E-state index in [2.05, 4.69) is 47.7 Å². The van der Waals surface area contributed by atoms with Gasteiger partial charge in [-0.2, -0.15) is 13.5 Å². The van der Waals surface area contributed by atoms with Gasteiger partial charge in [0.15, 0.2) is 0 Å². The van der Waals surface area contributed by atoms with Crippen LogP contribution in [0.3, 0.4) is 0 Å². The largest absolute Gasteiger partial charge is 0.334 e. The first-order valence-electron chi connectivity index (χ1n) is 10.8. The Balaban J connectivity index is 1.80. The van der Waals surface area contributed by atoms with Crippen molar-refractivity contribution in [2.24, 2.45) is 7.05 Å². The van der Waals surface area contributed by atoms with Crippen LogP contribution < -0.4 is 14.3 Å². The fraction of sp³-hybridized carbons (Fsp3) is 0.619. The molecule has 3 rings (SSSR count). The van der Waals surface area contributed by atoms with E-state index in [4.69, 9.17) is 0 Å². The van der Waals surface area contributed by atoms with Crippen LogP contribution in [0.5, 0.6) is 0 Å². The van der Waals surface area contributed by atoms with Gasteiger partial charge in [0.25, 0.3) is 0 Å². The Bertz CT molecular complexity index is 1050. The molecule has 32 heavy (non-hydrogen) atoms. The molecule has 0 spiro atoms. The molecule has 0 aromatic carbocycles. The van der Waals surface area contributed by atoms with Crippen molar-refractivity contribution in [3.63, 3.8) is 0 Å². The number of amides is 2. The fourth-order valence-electron chi connectivity index (χ4n) is 3.79. The van der Waals surface area contributed by atoms with Gasteiger partial charge in [0.1, 0.15) is 0 Å². The van der Waals surface area contributed by atoms with Crippen LogP contribution >= 0.6 is 11.3 Å². The SMILES string of the molecule is CC(C)c1cc(NC(=O)NS(=O)(=O)N(c2cnn(C)c2)C2CC(N(C)C)C2)c(C(C)C)s1. The number of aryl methyl sites for hydroxylation is 1. The summed E-state index contributed by atoms with van der Waals surface area (Å²) < 4.78 is 31.6. The van der Waals surface area contributed by atoms with Crippen LogP contribution in [0.15, 0.2) is 18.5 Å². The average molecular weight is 483 g/mol. The van der Waals surface area contributed by atoms with Crippen molar-refractivity contribution in [1.82, 2.24) is 19.4 Å². The first-order valence-corrected chi connectivity index (χ1v) is 13.1. The Labute approximate surface area is 195 Å². The molecule has 2 amide bonds. The lowest BCUT2D eigenvalue weighted by molar-refractivity contribution is 0.170. The second-order valence-electron chi connectivity index (χ2n) is 9.21. The third kappa shape index (κ3) is 5.26. The third-order valence-electron chi connectivity index (χ3n) is 5.70. The molecule has 0 atom stereocenters. The number of nitrogens with zero attached hydrogens (tertiary/aromatic N) is 4. The molecule has 11 heteroatoms. The molecule has 1 fully saturated rings. The Morgan fingerprint density at radius 3 is 2.34 bits per heavy atom. The summed E-state index contributed by atoms with van der Waals surface area (Å²) in [5.74, 6) is 0.536. The van der Waals surface area contributed by atoms with Crippen LogP contribution in [0.2, 0.25) is 0 Å². The molecular formula is C21H34N6O3S2. The highest BCUT2D eigenvalue weighted by Gasteiger charge is 2.41. The topological polar surface area (TPSA) is 99.6 Å². The van der Waals surface area contributed by atoms with Gasteiger partial charge in [0, 0.05) is 35.1 Å². The van der Waals surface area contributed by atoms with Gasteiger partial charge >= 0.3 is 16.2 Å². The number of carbonyl (C=O) groups is 1. The molecule has 1 aliphatic rings. The maximum Gasteiger partial charge on any atom is 0.334 e. The van der Waals surface area contributed by atoms with E-state index in [1.807, 2.05) is 20.2 Å². The van der Waals surface area contributed by atoms with Crippen molar-refractivity contribution in [2.75, 3.05) is 23.7 Å². The van der Waals surface area contributed by atoms with E-state index in [9.17, 15) is 13.2 Å². The number of anilines is 2. The van der Waals surface area contributed by atoms with Gasteiger partial charge in [-0.05, 0) is 44.8 Å². The molecule has 0 bridgehead atoms. The number of thiophene rings is 1. The summed E-state index contributed by atoms with van der Waals surface area (Å²) in [5.41, 5.74) is 1.10. The van der Waals surface area contributed by atoms with Crippen molar-refractivity contribution >= 4 is 39.0 Å². The van der Waals surface area contributed by atoms with Crippen molar-refractivity contribution in [2.45, 2.75) is 64.5 Å². The third-order valence-corrected chi connectivity index (χ3v) is 8.90. The summed E-state index contributed by atoms with van der Waals surface area (Å²) in [5, 5.41) is 6.88. The van der Waals surface area contributed by atoms with Gasteiger partial charge in [-0.25, -0.2) is 13.8 Å². The maximum absolute atomic E-state index is 13.3. The summed E-state index contributed by atoms with van der Waals surface area (Å²) in [6.45, 7) is 8.29. The minimum Gasteiger partial charge on any atom is -0.306 e. The van der Waals surface area contributed by atoms with E-state index < -0.39 is 16.2 Å². The van der Waals surface area contributed by atoms with Gasteiger partial charge in [-0.3, -0.25) is 4.68 Å². The van der Waals surface area contributed by atoms with Gasteiger partial charge in [-0.1, -0.05) is 27.7 Å². The molecule has 9 nitrogen and oxygen atoms in total. The van der Waals surface area contributed by atoms with Gasteiger partial charge in [0.05, 0.1) is 17.6 Å². The molecule has 0 unspecified atom stereocenters. The summed E-state index contributed by atoms with van der Waals surface area (Å²) in [7, 11) is 1.56. The molecule has 1 aliphatic carbocycles. The predicted octanol–water partition coefficient (Wildman–Crippen LogP) is 3.69. The molecule has 0 aliphatic heterocycles. The first kappa shape index (κ1) is 24.5. The smallest absolute Gasteiger partial charge is 0.306 e. The molecule has 1 saturated carbocycles. The fourth-order valence-corrected chi connectivity index (χ4v) is 6.23. The van der Waals surface area contributed by atoms with Crippen LogP contribution in [0.1, 0.15) is 62.1 Å². The lowest BCUT2D eigenvalue weighted by atomic mass is 9.86. The second-order valence-corrected chi connectivity index (χ2v) is 11.9. The lowest BCUT2D eigenvalue weighted by Gasteiger charge is -2.44. The molecular weight excluding hydrogens is 448 g/mol. The highest BCUT2D eigenvalue weighted by molar-refractivity contribution is 7.91. The number of rotatable bonds is 8. The van der Waals surface area contributed by atoms with E-state index in [1.54, 1.807) is 29.3 Å². The highest BCUT2D eigenvalue weighted by Crippen LogP contribution is 2.37. The zero-order chi connectivity index (χ0) is 23.8. The number of carbonyl (C=O) groups excluding carboxylic acids is 1. The van der Waals surface area contributed by atoms with Crippen LogP contribution in [-0.2, 0) is 17.3 Å². The molecule has 2 N–H and O–H groups in total. The summed E-state index contributed by atoms with van der Waals surface area (Å²) in [6, 6.07) is 1.23. The predicted molar refractivity (Wildman–Crippen MR) is 130 cm³/mol. The van der Waals surface area contributed by atoms with E-state index in [0.717, 1.165) is 9.75 Å². The summed E-state index contributed by atoms with van der Waals surface area (Å²) in [4.78, 5) is 17.0. The van der Waals surface area contributed by atoms with E-state index >= 15 is 0 Å². The molecule has 0 saturated heterocycles. The monoisotopic (exact) mass is 482 g/mol. The van der Waals surface area contributed by atoms with Crippen LogP contribution in [0, 0.1) is 0 Å². The Morgan fingerprint density at radius 2 is 1.84 bits per heavy atom. The lowest BCUT2D eigenvalue weighted by Crippen LogP contribution is -2.57. The average Bonchev–Trinajstić information content (AvgIpc) is 3.22.